The number of nitrogens with zero attached hydrogens (tertiary/aromatic N) is 4. The van der Waals surface area contributed by atoms with Crippen molar-refractivity contribution in [1.82, 2.24) is 19.4 Å². The van der Waals surface area contributed by atoms with Crippen LogP contribution in [0.4, 0.5) is 0 Å². The largest absolute Gasteiger partial charge is 0.383 e. The second-order valence-electron chi connectivity index (χ2n) is 8.46. The van der Waals surface area contributed by atoms with Crippen molar-refractivity contribution in [2.75, 3.05) is 39.9 Å². The highest BCUT2D eigenvalue weighted by Crippen LogP contribution is 2.41. The van der Waals surface area contributed by atoms with E-state index in [1.807, 2.05) is 17.0 Å². The van der Waals surface area contributed by atoms with Gasteiger partial charge in [-0.1, -0.05) is 6.07 Å². The molecule has 2 aliphatic heterocycles. The maximum absolute atomic E-state index is 13.3. The van der Waals surface area contributed by atoms with Gasteiger partial charge in [0, 0.05) is 51.9 Å². The number of pyridine rings is 2. The smallest absolute Gasteiger partial charge is 0.263 e. The second-order valence-corrected chi connectivity index (χ2v) is 8.46. The predicted octanol–water partition coefficient (Wildman–Crippen LogP) is 1.31. The molecule has 4 rings (SSSR count). The molecular formula is C23H28N4O4. The molecule has 2 aliphatic rings. The van der Waals surface area contributed by atoms with Crippen LogP contribution in [0, 0.1) is 12.3 Å². The zero-order valence-corrected chi connectivity index (χ0v) is 18.0. The highest BCUT2D eigenvalue weighted by Gasteiger charge is 2.51. The van der Waals surface area contributed by atoms with Crippen LogP contribution in [0.25, 0.3) is 0 Å². The first-order chi connectivity index (χ1) is 14.9. The van der Waals surface area contributed by atoms with Gasteiger partial charge in [-0.15, -0.1) is 0 Å². The summed E-state index contributed by atoms with van der Waals surface area (Å²) in [6.07, 6.45) is 6.47. The monoisotopic (exact) mass is 424 g/mol. The quantitative estimate of drug-likeness (QED) is 0.698. The molecule has 0 N–H and O–H groups in total. The van der Waals surface area contributed by atoms with E-state index in [0.29, 0.717) is 51.3 Å². The molecule has 4 heterocycles. The number of hydrogen-bond donors (Lipinski definition) is 0. The summed E-state index contributed by atoms with van der Waals surface area (Å²) in [6, 6.07) is 5.51. The molecule has 1 spiro atoms. The van der Waals surface area contributed by atoms with Gasteiger partial charge in [0.1, 0.15) is 5.56 Å². The van der Waals surface area contributed by atoms with E-state index in [4.69, 9.17) is 4.74 Å². The van der Waals surface area contributed by atoms with E-state index >= 15 is 0 Å². The maximum atomic E-state index is 13.3. The van der Waals surface area contributed by atoms with Gasteiger partial charge >= 0.3 is 0 Å². The van der Waals surface area contributed by atoms with Gasteiger partial charge in [0.2, 0.25) is 5.91 Å². The fourth-order valence-electron chi connectivity index (χ4n) is 4.63. The first-order valence-electron chi connectivity index (χ1n) is 10.6. The Morgan fingerprint density at radius 1 is 1.23 bits per heavy atom. The van der Waals surface area contributed by atoms with Crippen LogP contribution in [0.1, 0.15) is 34.3 Å². The van der Waals surface area contributed by atoms with Gasteiger partial charge in [-0.25, -0.2) is 0 Å². The van der Waals surface area contributed by atoms with E-state index in [-0.39, 0.29) is 22.9 Å². The normalized spacial score (nSPS) is 20.8. The summed E-state index contributed by atoms with van der Waals surface area (Å²) in [6.45, 7) is 4.74. The molecule has 2 fully saturated rings. The van der Waals surface area contributed by atoms with E-state index in [2.05, 4.69) is 4.98 Å². The SMILES string of the molecule is COCCN1CCC2(CCN(C(=O)c3c(C)ccn(Cc4cccnc4)c3=O)C2)C1=O. The molecule has 0 radical (unpaired) electrons. The molecule has 31 heavy (non-hydrogen) atoms. The lowest BCUT2D eigenvalue weighted by Gasteiger charge is -2.24. The highest BCUT2D eigenvalue weighted by atomic mass is 16.5. The van der Waals surface area contributed by atoms with Gasteiger partial charge in [0.05, 0.1) is 18.6 Å². The van der Waals surface area contributed by atoms with E-state index in [1.54, 1.807) is 43.6 Å². The number of likely N-dealkylation sites (tertiary alicyclic amines) is 2. The molecule has 0 aromatic carbocycles. The molecule has 0 saturated carbocycles. The predicted molar refractivity (Wildman–Crippen MR) is 115 cm³/mol. The second kappa shape index (κ2) is 8.63. The number of aryl methyl sites for hydroxylation is 1. The Hall–Kier alpha value is -3.00. The lowest BCUT2D eigenvalue weighted by atomic mass is 9.85. The lowest BCUT2D eigenvalue weighted by Crippen LogP contribution is -2.41. The Kier molecular flexibility index (Phi) is 5.91. The minimum atomic E-state index is -0.527. The van der Waals surface area contributed by atoms with Crippen LogP contribution in [-0.4, -0.2) is 71.1 Å². The molecule has 8 heteroatoms. The average Bonchev–Trinajstić information content (AvgIpc) is 3.34. The maximum Gasteiger partial charge on any atom is 0.263 e. The van der Waals surface area contributed by atoms with Crippen molar-refractivity contribution in [2.24, 2.45) is 5.41 Å². The van der Waals surface area contributed by atoms with Gasteiger partial charge in [0.15, 0.2) is 0 Å². The summed E-state index contributed by atoms with van der Waals surface area (Å²) in [5.74, 6) is -0.193. The fourth-order valence-corrected chi connectivity index (χ4v) is 4.63. The van der Waals surface area contributed by atoms with Crippen LogP contribution in [0.3, 0.4) is 0 Å². The van der Waals surface area contributed by atoms with Gasteiger partial charge in [-0.05, 0) is 43.0 Å². The van der Waals surface area contributed by atoms with E-state index in [1.165, 1.54) is 4.57 Å². The van der Waals surface area contributed by atoms with E-state index in [0.717, 1.165) is 12.0 Å². The van der Waals surface area contributed by atoms with Gasteiger partial charge < -0.3 is 19.1 Å². The molecule has 164 valence electrons. The summed E-state index contributed by atoms with van der Waals surface area (Å²) in [7, 11) is 1.62. The Balaban J connectivity index is 1.53. The minimum absolute atomic E-state index is 0.0959. The third-order valence-corrected chi connectivity index (χ3v) is 6.47. The van der Waals surface area contributed by atoms with Crippen molar-refractivity contribution in [3.63, 3.8) is 0 Å². The number of hydrogen-bond acceptors (Lipinski definition) is 5. The third-order valence-electron chi connectivity index (χ3n) is 6.47. The van der Waals surface area contributed by atoms with Crippen molar-refractivity contribution >= 4 is 11.8 Å². The van der Waals surface area contributed by atoms with Crippen molar-refractivity contribution in [2.45, 2.75) is 26.3 Å². The van der Waals surface area contributed by atoms with Crippen LogP contribution in [0.15, 0.2) is 41.6 Å². The van der Waals surface area contributed by atoms with Crippen molar-refractivity contribution in [3.8, 4) is 0 Å². The van der Waals surface area contributed by atoms with Crippen LogP contribution in [-0.2, 0) is 16.1 Å². The number of ether oxygens (including phenoxy) is 1. The summed E-state index contributed by atoms with van der Waals surface area (Å²) in [5.41, 5.74) is 0.887. The standard InChI is InChI=1S/C23H28N4O4/c1-17-5-9-26(15-18-4-3-8-24-14-18)20(28)19(17)21(29)27-11-7-23(16-27)6-10-25(22(23)30)12-13-31-2/h3-5,8-9,14H,6-7,10-13,15-16H2,1-2H3. The van der Waals surface area contributed by atoms with Crippen LogP contribution >= 0.6 is 0 Å². The Labute approximate surface area is 181 Å². The van der Waals surface area contributed by atoms with E-state index in [9.17, 15) is 14.4 Å². The summed E-state index contributed by atoms with van der Waals surface area (Å²) < 4.78 is 6.64. The fraction of sp³-hybridized carbons (Fsp3) is 0.478. The first-order valence-corrected chi connectivity index (χ1v) is 10.6. The zero-order valence-electron chi connectivity index (χ0n) is 18.0. The molecule has 0 bridgehead atoms. The van der Waals surface area contributed by atoms with Gasteiger partial charge in [0.25, 0.3) is 11.5 Å². The highest BCUT2D eigenvalue weighted by molar-refractivity contribution is 5.96. The molecule has 1 unspecified atom stereocenters. The molecular weight excluding hydrogens is 396 g/mol. The van der Waals surface area contributed by atoms with Crippen LogP contribution in [0.2, 0.25) is 0 Å². The molecule has 2 aromatic heterocycles. The summed E-state index contributed by atoms with van der Waals surface area (Å²) in [5, 5.41) is 0. The summed E-state index contributed by atoms with van der Waals surface area (Å²) >= 11 is 0. The van der Waals surface area contributed by atoms with Crippen LogP contribution < -0.4 is 5.56 Å². The third kappa shape index (κ3) is 3.99. The van der Waals surface area contributed by atoms with Gasteiger partial charge in [-0.2, -0.15) is 0 Å². The molecule has 1 atom stereocenters. The number of methoxy groups -OCH3 is 1. The molecule has 2 aromatic rings. The Bertz CT molecular complexity index is 1040. The Morgan fingerprint density at radius 3 is 2.77 bits per heavy atom. The molecule has 8 nitrogen and oxygen atoms in total. The van der Waals surface area contributed by atoms with Crippen molar-refractivity contribution < 1.29 is 14.3 Å². The van der Waals surface area contributed by atoms with Gasteiger partial charge in [-0.3, -0.25) is 19.4 Å². The number of carbonyl (C=O) groups is 2. The average molecular weight is 425 g/mol. The number of rotatable bonds is 6. The Morgan fingerprint density at radius 2 is 2.03 bits per heavy atom. The zero-order chi connectivity index (χ0) is 22.0. The molecule has 0 aliphatic carbocycles. The number of amides is 2. The van der Waals surface area contributed by atoms with Crippen molar-refractivity contribution in [1.29, 1.82) is 0 Å². The molecule has 2 saturated heterocycles. The number of aromatic nitrogens is 2. The van der Waals surface area contributed by atoms with Crippen LogP contribution in [0.5, 0.6) is 0 Å². The lowest BCUT2D eigenvalue weighted by molar-refractivity contribution is -0.135. The minimum Gasteiger partial charge on any atom is -0.383 e. The summed E-state index contributed by atoms with van der Waals surface area (Å²) in [4.78, 5) is 47.1. The van der Waals surface area contributed by atoms with Crippen molar-refractivity contribution in [3.05, 3.63) is 63.8 Å². The number of carbonyl (C=O) groups excluding carboxylic acids is 2. The topological polar surface area (TPSA) is 84.7 Å². The molecule has 2 amide bonds. The first kappa shape index (κ1) is 21.2. The van der Waals surface area contributed by atoms with E-state index < -0.39 is 5.41 Å².